The molecule has 2 saturated heterocycles. The number of hydrogen-bond donors (Lipinski definition) is 3. The molecule has 2 heterocycles. The van der Waals surface area contributed by atoms with E-state index in [4.69, 9.17) is 14.9 Å². The predicted molar refractivity (Wildman–Crippen MR) is 224 cm³/mol. The second kappa shape index (κ2) is 20.7. The molecule has 59 heavy (non-hydrogen) atoms. The number of ether oxygens (including phenoxy) is 1. The van der Waals surface area contributed by atoms with Crippen LogP contribution in [-0.4, -0.2) is 73.1 Å². The molecule has 14 heteroatoms. The van der Waals surface area contributed by atoms with Crippen molar-refractivity contribution in [1.82, 2.24) is 4.72 Å². The second-order valence-corrected chi connectivity index (χ2v) is 20.5. The summed E-state index contributed by atoms with van der Waals surface area (Å²) < 4.78 is 88.6. The Morgan fingerprint density at radius 1 is 0.729 bits per heavy atom. The van der Waals surface area contributed by atoms with Crippen LogP contribution in [0, 0.1) is 11.8 Å². The van der Waals surface area contributed by atoms with Crippen LogP contribution in [0.5, 0.6) is 0 Å². The SMILES string of the molecule is O=C(O)C(F)(F)CC/C=C\C[C@@H]1[C@H](CNS(=O)(=O)CCc2ccccc2)[C@@H]2CC[C@H]1O2.O=C(O)CC(F)(F)CC[P+](c1ccccc1)(c1ccccc1)c1ccccc1. The number of alkyl halides is 4. The third kappa shape index (κ3) is 12.8. The van der Waals surface area contributed by atoms with Crippen LogP contribution in [0.25, 0.3) is 0 Å². The Kier molecular flexibility index (Phi) is 16.0. The Bertz CT molecular complexity index is 1980. The zero-order valence-corrected chi connectivity index (χ0v) is 34.3. The lowest BCUT2D eigenvalue weighted by atomic mass is 9.77. The fourth-order valence-electron chi connectivity index (χ4n) is 7.94. The van der Waals surface area contributed by atoms with Crippen LogP contribution in [0.3, 0.4) is 0 Å². The zero-order valence-electron chi connectivity index (χ0n) is 32.6. The Hall–Kier alpha value is -4.42. The Morgan fingerprint density at radius 2 is 1.22 bits per heavy atom. The Morgan fingerprint density at radius 3 is 1.71 bits per heavy atom. The summed E-state index contributed by atoms with van der Waals surface area (Å²) in [7, 11) is -5.79. The number of sulfonamides is 1. The summed E-state index contributed by atoms with van der Waals surface area (Å²) in [6.07, 6.45) is 4.06. The monoisotopic (exact) mass is 856 g/mol. The number of benzene rings is 4. The molecule has 0 aromatic heterocycles. The van der Waals surface area contributed by atoms with Crippen molar-refractivity contribution in [2.75, 3.05) is 18.5 Å². The first-order valence-electron chi connectivity index (χ1n) is 19.7. The average Bonchev–Trinajstić information content (AvgIpc) is 3.83. The maximum Gasteiger partial charge on any atom is 0.374 e. The van der Waals surface area contributed by atoms with E-state index in [0.717, 1.165) is 34.3 Å². The number of carbonyl (C=O) groups is 2. The maximum atomic E-state index is 14.4. The van der Waals surface area contributed by atoms with E-state index in [2.05, 4.69) is 4.72 Å². The molecule has 0 aliphatic carbocycles. The van der Waals surface area contributed by atoms with Crippen LogP contribution in [0.4, 0.5) is 17.6 Å². The fraction of sp³-hybridized carbons (Fsp3) is 0.378. The lowest BCUT2D eigenvalue weighted by molar-refractivity contribution is -0.165. The molecule has 4 aromatic carbocycles. The molecule has 0 radical (unpaired) electrons. The molecule has 316 valence electrons. The molecule has 8 nitrogen and oxygen atoms in total. The van der Waals surface area contributed by atoms with Crippen LogP contribution in [0.15, 0.2) is 133 Å². The predicted octanol–water partition coefficient (Wildman–Crippen LogP) is 7.87. The second-order valence-electron chi connectivity index (χ2n) is 15.0. The topological polar surface area (TPSA) is 130 Å². The minimum atomic E-state index is -3.72. The number of hydrogen-bond acceptors (Lipinski definition) is 5. The van der Waals surface area contributed by atoms with Gasteiger partial charge < -0.3 is 14.9 Å². The first kappa shape index (κ1) is 45.7. The van der Waals surface area contributed by atoms with Gasteiger partial charge in [-0.2, -0.15) is 8.78 Å². The van der Waals surface area contributed by atoms with Gasteiger partial charge in [-0.15, -0.1) is 0 Å². The highest BCUT2D eigenvalue weighted by Crippen LogP contribution is 2.57. The zero-order chi connectivity index (χ0) is 42.5. The highest BCUT2D eigenvalue weighted by molar-refractivity contribution is 7.95. The minimum absolute atomic E-state index is 0.0107. The third-order valence-electron chi connectivity index (χ3n) is 11.0. The lowest BCUT2D eigenvalue weighted by Crippen LogP contribution is -2.39. The van der Waals surface area contributed by atoms with Crippen molar-refractivity contribution in [3.05, 3.63) is 139 Å². The molecule has 0 saturated carbocycles. The molecular formula is C45H51F4NO7PS+. The van der Waals surface area contributed by atoms with Gasteiger partial charge in [-0.1, -0.05) is 97.1 Å². The van der Waals surface area contributed by atoms with Gasteiger partial charge in [0.2, 0.25) is 10.0 Å². The number of halogens is 4. The fourth-order valence-corrected chi connectivity index (χ4v) is 13.4. The summed E-state index contributed by atoms with van der Waals surface area (Å²) in [5.74, 6) is -10.4. The molecule has 4 aromatic rings. The van der Waals surface area contributed by atoms with Gasteiger partial charge in [-0.3, -0.25) is 4.79 Å². The molecular weight excluding hydrogens is 806 g/mol. The number of fused-ring (bicyclic) bond motifs is 2. The first-order valence-corrected chi connectivity index (χ1v) is 23.3. The average molecular weight is 857 g/mol. The largest absolute Gasteiger partial charge is 0.481 e. The standard InChI is InChI=1S/C23H21F2O2P.C22H29F2NO5S/c24-23(25,18-22(26)27)16-17-28(19-10-4-1-5-11-19,20-12-6-2-7-13-20)21-14-8-3-9-15-21;23-22(24,21(26)27)13-6-2-5-9-17-18(20-11-10-19(17)30-20)15-25-31(28,29)14-12-16-7-3-1-4-8-16/h1-15H,16-18H2;1-5,7-8,17-20,25H,6,9-15H2,(H,26,27)/p+1/b;5-2-/t;17-,18+,19-,20+/m.1/s1. The van der Waals surface area contributed by atoms with Crippen molar-refractivity contribution in [3.8, 4) is 0 Å². The van der Waals surface area contributed by atoms with Gasteiger partial charge >= 0.3 is 17.9 Å². The van der Waals surface area contributed by atoms with Crippen LogP contribution in [0.2, 0.25) is 0 Å². The normalized spacial score (nSPS) is 19.3. The van der Waals surface area contributed by atoms with Crippen LogP contribution < -0.4 is 20.6 Å². The maximum absolute atomic E-state index is 14.4. The molecule has 2 aliphatic heterocycles. The van der Waals surface area contributed by atoms with E-state index in [1.165, 1.54) is 0 Å². The molecule has 0 unspecified atom stereocenters. The molecule has 2 fully saturated rings. The van der Waals surface area contributed by atoms with Crippen LogP contribution in [0.1, 0.15) is 50.5 Å². The summed E-state index contributed by atoms with van der Waals surface area (Å²) in [5.41, 5.74) is 0.965. The number of carboxylic acids is 2. The number of allylic oxidation sites excluding steroid dienone is 2. The van der Waals surface area contributed by atoms with Gasteiger partial charge in [-0.05, 0) is 80.0 Å². The van der Waals surface area contributed by atoms with Crippen molar-refractivity contribution in [2.24, 2.45) is 11.8 Å². The van der Waals surface area contributed by atoms with E-state index in [-0.39, 0.29) is 42.4 Å². The summed E-state index contributed by atoms with van der Waals surface area (Å²) in [5, 5.41) is 20.4. The third-order valence-corrected chi connectivity index (χ3v) is 16.7. The summed E-state index contributed by atoms with van der Waals surface area (Å²) in [4.78, 5) is 21.3. The van der Waals surface area contributed by atoms with Gasteiger partial charge in [0.25, 0.3) is 5.92 Å². The van der Waals surface area contributed by atoms with Crippen LogP contribution >= 0.6 is 7.26 Å². The van der Waals surface area contributed by atoms with Gasteiger partial charge in [0.1, 0.15) is 29.6 Å². The van der Waals surface area contributed by atoms with Crippen molar-refractivity contribution < 1.29 is 50.5 Å². The summed E-state index contributed by atoms with van der Waals surface area (Å²) in [6, 6.07) is 38.6. The molecule has 2 bridgehead atoms. The lowest BCUT2D eigenvalue weighted by Gasteiger charge is -2.29. The van der Waals surface area contributed by atoms with Gasteiger partial charge in [0.15, 0.2) is 0 Å². The summed E-state index contributed by atoms with van der Waals surface area (Å²) >= 11 is 0. The number of carboxylic acid groups (broad SMARTS) is 2. The van der Waals surface area contributed by atoms with Gasteiger partial charge in [0.05, 0.1) is 24.1 Å². The van der Waals surface area contributed by atoms with E-state index in [1.54, 1.807) is 12.2 Å². The van der Waals surface area contributed by atoms with E-state index in [9.17, 15) is 35.6 Å². The van der Waals surface area contributed by atoms with Gasteiger partial charge in [0, 0.05) is 25.3 Å². The van der Waals surface area contributed by atoms with Crippen molar-refractivity contribution in [2.45, 2.75) is 75.4 Å². The smallest absolute Gasteiger partial charge is 0.374 e. The van der Waals surface area contributed by atoms with Crippen molar-refractivity contribution in [1.29, 1.82) is 0 Å². The number of rotatable bonds is 20. The van der Waals surface area contributed by atoms with E-state index >= 15 is 0 Å². The quantitative estimate of drug-likeness (QED) is 0.0469. The highest BCUT2D eigenvalue weighted by atomic mass is 32.2. The number of nitrogens with one attached hydrogen (secondary N) is 1. The van der Waals surface area contributed by atoms with E-state index in [1.807, 2.05) is 121 Å². The number of aliphatic carboxylic acids is 2. The molecule has 0 spiro atoms. The molecule has 6 rings (SSSR count). The number of aryl methyl sites for hydroxylation is 1. The Balaban J connectivity index is 0.000000225. The van der Waals surface area contributed by atoms with Crippen LogP contribution in [-0.2, 0) is 30.8 Å². The Labute approximate surface area is 344 Å². The first-order chi connectivity index (χ1) is 28.1. The molecule has 4 atom stereocenters. The molecule has 0 amide bonds. The highest BCUT2D eigenvalue weighted by Gasteiger charge is 2.49. The summed E-state index contributed by atoms with van der Waals surface area (Å²) in [6.45, 7) is 0.299. The van der Waals surface area contributed by atoms with E-state index < -0.39 is 60.3 Å². The van der Waals surface area contributed by atoms with E-state index in [0.29, 0.717) is 19.4 Å². The minimum Gasteiger partial charge on any atom is -0.481 e. The molecule has 3 N–H and O–H groups in total. The molecule has 2 aliphatic rings. The van der Waals surface area contributed by atoms with Crippen molar-refractivity contribution in [3.63, 3.8) is 0 Å². The van der Waals surface area contributed by atoms with Crippen molar-refractivity contribution >= 4 is 45.1 Å². The van der Waals surface area contributed by atoms with Gasteiger partial charge in [-0.25, -0.2) is 26.7 Å².